The highest BCUT2D eigenvalue weighted by Crippen LogP contribution is 2.36. The number of carbonyl (C=O) groups excluding carboxylic acids is 1. The number of thiocarbonyl (C=S) groups is 1. The SMILES string of the molecule is O=C1/C(=C/c2ccccc2OCc2ccccn2)SC(=S)N1c1cccnc1. The molecule has 0 N–H and O–H groups in total. The maximum atomic E-state index is 12.9. The second-order valence-corrected chi connectivity index (χ2v) is 7.55. The topological polar surface area (TPSA) is 55.3 Å². The fraction of sp³-hybridized carbons (Fsp3) is 0.0476. The lowest BCUT2D eigenvalue weighted by molar-refractivity contribution is -0.113. The van der Waals surface area contributed by atoms with Crippen LogP contribution in [0, 0.1) is 0 Å². The number of amides is 1. The van der Waals surface area contributed by atoms with Crippen LogP contribution in [0.4, 0.5) is 5.69 Å². The summed E-state index contributed by atoms with van der Waals surface area (Å²) in [5, 5.41) is 0. The number of benzene rings is 1. The van der Waals surface area contributed by atoms with E-state index in [9.17, 15) is 4.79 Å². The Balaban J connectivity index is 1.58. The number of hydrogen-bond acceptors (Lipinski definition) is 6. The predicted octanol–water partition coefficient (Wildman–Crippen LogP) is 4.46. The summed E-state index contributed by atoms with van der Waals surface area (Å²) >= 11 is 6.67. The molecular formula is C21H15N3O2S2. The van der Waals surface area contributed by atoms with E-state index in [0.29, 0.717) is 27.3 Å². The molecule has 0 unspecified atom stereocenters. The molecule has 5 nitrogen and oxygen atoms in total. The standard InChI is InChI=1S/C21H15N3O2S2/c25-20-19(28-21(27)24(20)17-8-5-10-22-13-17)12-15-6-1-2-9-18(15)26-14-16-7-3-4-11-23-16/h1-13H,14H2/b19-12-. The molecule has 0 bridgehead atoms. The lowest BCUT2D eigenvalue weighted by Gasteiger charge is -2.13. The molecule has 0 atom stereocenters. The van der Waals surface area contributed by atoms with E-state index in [0.717, 1.165) is 11.3 Å². The van der Waals surface area contributed by atoms with Gasteiger partial charge in [0.1, 0.15) is 12.4 Å². The first-order valence-corrected chi connectivity index (χ1v) is 9.74. The first-order chi connectivity index (χ1) is 13.7. The van der Waals surface area contributed by atoms with Gasteiger partial charge in [-0.3, -0.25) is 19.7 Å². The fourth-order valence-electron chi connectivity index (χ4n) is 2.68. The molecule has 3 heterocycles. The maximum Gasteiger partial charge on any atom is 0.270 e. The molecule has 3 aromatic rings. The van der Waals surface area contributed by atoms with Gasteiger partial charge in [-0.2, -0.15) is 0 Å². The van der Waals surface area contributed by atoms with Gasteiger partial charge in [0, 0.05) is 18.0 Å². The van der Waals surface area contributed by atoms with E-state index in [1.54, 1.807) is 24.7 Å². The zero-order chi connectivity index (χ0) is 19.3. The van der Waals surface area contributed by atoms with Crippen LogP contribution in [0.2, 0.25) is 0 Å². The third-order valence-corrected chi connectivity index (χ3v) is 5.31. The number of anilines is 1. The molecule has 0 radical (unpaired) electrons. The molecule has 1 fully saturated rings. The minimum Gasteiger partial charge on any atom is -0.487 e. The van der Waals surface area contributed by atoms with Crippen LogP contribution in [0.3, 0.4) is 0 Å². The molecule has 1 saturated heterocycles. The van der Waals surface area contributed by atoms with Crippen LogP contribution in [0.5, 0.6) is 5.75 Å². The van der Waals surface area contributed by atoms with Gasteiger partial charge < -0.3 is 4.74 Å². The van der Waals surface area contributed by atoms with Crippen molar-refractivity contribution in [2.75, 3.05) is 4.90 Å². The Labute approximate surface area is 172 Å². The third kappa shape index (κ3) is 3.95. The van der Waals surface area contributed by atoms with E-state index in [4.69, 9.17) is 17.0 Å². The van der Waals surface area contributed by atoms with Crippen molar-refractivity contribution in [3.63, 3.8) is 0 Å². The van der Waals surface area contributed by atoms with Gasteiger partial charge >= 0.3 is 0 Å². The van der Waals surface area contributed by atoms with Crippen LogP contribution < -0.4 is 9.64 Å². The van der Waals surface area contributed by atoms with Crippen molar-refractivity contribution in [3.8, 4) is 5.75 Å². The highest BCUT2D eigenvalue weighted by atomic mass is 32.2. The molecule has 138 valence electrons. The fourth-order valence-corrected chi connectivity index (χ4v) is 3.97. The van der Waals surface area contributed by atoms with E-state index in [1.165, 1.54) is 16.7 Å². The number of thioether (sulfide) groups is 1. The summed E-state index contributed by atoms with van der Waals surface area (Å²) in [5.74, 6) is 0.516. The van der Waals surface area contributed by atoms with Gasteiger partial charge in [0.05, 0.1) is 22.5 Å². The monoisotopic (exact) mass is 405 g/mol. The summed E-state index contributed by atoms with van der Waals surface area (Å²) in [5.41, 5.74) is 2.30. The molecule has 1 aromatic carbocycles. The average molecular weight is 406 g/mol. The summed E-state index contributed by atoms with van der Waals surface area (Å²) < 4.78 is 6.41. The Bertz CT molecular complexity index is 1040. The highest BCUT2D eigenvalue weighted by molar-refractivity contribution is 8.27. The largest absolute Gasteiger partial charge is 0.487 e. The first kappa shape index (κ1) is 18.3. The average Bonchev–Trinajstić information content (AvgIpc) is 3.02. The number of rotatable bonds is 5. The molecule has 4 rings (SSSR count). The van der Waals surface area contributed by atoms with E-state index in [-0.39, 0.29) is 5.91 Å². The van der Waals surface area contributed by atoms with E-state index >= 15 is 0 Å². The maximum absolute atomic E-state index is 12.9. The molecule has 1 aliphatic heterocycles. The van der Waals surface area contributed by atoms with Gasteiger partial charge in [-0.05, 0) is 36.4 Å². The molecule has 1 aliphatic rings. The van der Waals surface area contributed by atoms with Crippen LogP contribution in [-0.2, 0) is 11.4 Å². The lowest BCUT2D eigenvalue weighted by Crippen LogP contribution is -2.27. The molecule has 0 spiro atoms. The van der Waals surface area contributed by atoms with Crippen molar-refractivity contribution in [2.45, 2.75) is 6.61 Å². The second-order valence-electron chi connectivity index (χ2n) is 5.88. The summed E-state index contributed by atoms with van der Waals surface area (Å²) in [6.07, 6.45) is 6.82. The number of ether oxygens (including phenoxy) is 1. The van der Waals surface area contributed by atoms with Gasteiger partial charge in [-0.15, -0.1) is 0 Å². The van der Waals surface area contributed by atoms with E-state index in [2.05, 4.69) is 9.97 Å². The van der Waals surface area contributed by atoms with Crippen molar-refractivity contribution in [3.05, 3.63) is 89.4 Å². The van der Waals surface area contributed by atoms with Crippen molar-refractivity contribution in [2.24, 2.45) is 0 Å². The van der Waals surface area contributed by atoms with Gasteiger partial charge in [-0.25, -0.2) is 0 Å². The third-order valence-electron chi connectivity index (χ3n) is 4.01. The van der Waals surface area contributed by atoms with Crippen LogP contribution in [0.25, 0.3) is 6.08 Å². The lowest BCUT2D eigenvalue weighted by atomic mass is 10.2. The minimum absolute atomic E-state index is 0.164. The van der Waals surface area contributed by atoms with Crippen LogP contribution in [0.1, 0.15) is 11.3 Å². The number of para-hydroxylation sites is 1. The van der Waals surface area contributed by atoms with Crippen molar-refractivity contribution in [1.82, 2.24) is 9.97 Å². The zero-order valence-corrected chi connectivity index (χ0v) is 16.3. The molecule has 7 heteroatoms. The Morgan fingerprint density at radius 3 is 2.71 bits per heavy atom. The minimum atomic E-state index is -0.164. The summed E-state index contributed by atoms with van der Waals surface area (Å²) in [4.78, 5) is 23.3. The predicted molar refractivity (Wildman–Crippen MR) is 115 cm³/mol. The van der Waals surface area contributed by atoms with Crippen molar-refractivity contribution >= 4 is 46.0 Å². The quantitative estimate of drug-likeness (QED) is 0.461. The van der Waals surface area contributed by atoms with Gasteiger partial charge in [0.15, 0.2) is 4.32 Å². The zero-order valence-electron chi connectivity index (χ0n) is 14.7. The summed E-state index contributed by atoms with van der Waals surface area (Å²) in [6.45, 7) is 0.350. The van der Waals surface area contributed by atoms with Crippen molar-refractivity contribution in [1.29, 1.82) is 0 Å². The Morgan fingerprint density at radius 2 is 1.93 bits per heavy atom. The number of pyridine rings is 2. The number of aromatic nitrogens is 2. The Morgan fingerprint density at radius 1 is 1.07 bits per heavy atom. The molecule has 1 amide bonds. The Kier molecular flexibility index (Phi) is 5.45. The van der Waals surface area contributed by atoms with Gasteiger partial charge in [0.25, 0.3) is 5.91 Å². The second kappa shape index (κ2) is 8.33. The van der Waals surface area contributed by atoms with Crippen LogP contribution >= 0.6 is 24.0 Å². The van der Waals surface area contributed by atoms with Crippen LogP contribution in [-0.4, -0.2) is 20.2 Å². The van der Waals surface area contributed by atoms with Gasteiger partial charge in [0.2, 0.25) is 0 Å². The molecule has 0 saturated carbocycles. The molecule has 28 heavy (non-hydrogen) atoms. The number of nitrogens with zero attached hydrogens (tertiary/aromatic N) is 3. The van der Waals surface area contributed by atoms with Crippen molar-refractivity contribution < 1.29 is 9.53 Å². The van der Waals surface area contributed by atoms with E-state index < -0.39 is 0 Å². The first-order valence-electron chi connectivity index (χ1n) is 8.52. The van der Waals surface area contributed by atoms with Gasteiger partial charge in [-0.1, -0.05) is 48.2 Å². The number of hydrogen-bond donors (Lipinski definition) is 0. The normalized spacial score (nSPS) is 15.3. The molecule has 2 aromatic heterocycles. The smallest absolute Gasteiger partial charge is 0.270 e. The molecule has 0 aliphatic carbocycles. The summed E-state index contributed by atoms with van der Waals surface area (Å²) in [6, 6.07) is 16.8. The van der Waals surface area contributed by atoms with E-state index in [1.807, 2.05) is 54.6 Å². The highest BCUT2D eigenvalue weighted by Gasteiger charge is 2.33. The molecular weight excluding hydrogens is 390 g/mol. The number of carbonyl (C=O) groups is 1. The Hall–Kier alpha value is -3.03. The van der Waals surface area contributed by atoms with Crippen LogP contribution in [0.15, 0.2) is 78.1 Å². The summed E-state index contributed by atoms with van der Waals surface area (Å²) in [7, 11) is 0.